The number of thiol groups is 1. The summed E-state index contributed by atoms with van der Waals surface area (Å²) in [6.45, 7) is 2.62. The third-order valence-electron chi connectivity index (χ3n) is 3.95. The van der Waals surface area contributed by atoms with Gasteiger partial charge in [0.15, 0.2) is 0 Å². The summed E-state index contributed by atoms with van der Waals surface area (Å²) in [6, 6.07) is -4.92. The molecule has 4 atom stereocenters. The zero-order chi connectivity index (χ0) is 22.7. The number of hydrogen-bond acceptors (Lipinski definition) is 8. The van der Waals surface area contributed by atoms with Gasteiger partial charge in [-0.15, -0.1) is 0 Å². The van der Waals surface area contributed by atoms with Crippen molar-refractivity contribution in [1.29, 1.82) is 0 Å². The van der Waals surface area contributed by atoms with Gasteiger partial charge in [-0.2, -0.15) is 12.6 Å². The number of carbonyl (C=O) groups is 5. The number of carbonyl (C=O) groups excluding carboxylic acids is 4. The van der Waals surface area contributed by atoms with Crippen molar-refractivity contribution in [2.45, 2.75) is 50.9 Å². The number of hydrogen-bond donors (Lipinski definition) is 8. The highest BCUT2D eigenvalue weighted by Crippen LogP contribution is 2.01. The lowest BCUT2D eigenvalue weighted by Gasteiger charge is -2.24. The minimum Gasteiger partial charge on any atom is -0.480 e. The number of carboxylic acids is 1. The highest BCUT2D eigenvalue weighted by Gasteiger charge is 2.30. The summed E-state index contributed by atoms with van der Waals surface area (Å²) in [6.07, 6.45) is -0.540. The Morgan fingerprint density at radius 2 is 1.41 bits per heavy atom. The van der Waals surface area contributed by atoms with E-state index in [1.807, 2.05) is 0 Å². The molecule has 0 saturated carbocycles. The van der Waals surface area contributed by atoms with Gasteiger partial charge in [0.05, 0.1) is 12.6 Å². The molecule has 0 aliphatic heterocycles. The number of aliphatic hydroxyl groups excluding tert-OH is 1. The normalized spacial score (nSPS) is 15.0. The number of aliphatic hydroxyl groups is 1. The van der Waals surface area contributed by atoms with Crippen LogP contribution in [0.15, 0.2) is 0 Å². The molecular formula is C16H29N5O7S. The van der Waals surface area contributed by atoms with Crippen LogP contribution in [0, 0.1) is 5.92 Å². The molecule has 4 amide bonds. The van der Waals surface area contributed by atoms with E-state index < -0.39 is 60.4 Å². The number of nitrogens with two attached hydrogens (primary N) is 2. The molecule has 0 fully saturated rings. The van der Waals surface area contributed by atoms with Crippen LogP contribution in [0.4, 0.5) is 0 Å². The molecule has 0 aliphatic rings. The largest absolute Gasteiger partial charge is 0.480 e. The predicted octanol–water partition coefficient (Wildman–Crippen LogP) is -3.30. The van der Waals surface area contributed by atoms with Crippen LogP contribution in [-0.2, 0) is 24.0 Å². The van der Waals surface area contributed by atoms with Crippen molar-refractivity contribution in [3.05, 3.63) is 0 Å². The number of rotatable bonds is 13. The Morgan fingerprint density at radius 1 is 0.931 bits per heavy atom. The van der Waals surface area contributed by atoms with Gasteiger partial charge in [0.1, 0.15) is 18.1 Å². The minimum absolute atomic E-state index is 0.113. The lowest BCUT2D eigenvalue weighted by atomic mass is 10.0. The van der Waals surface area contributed by atoms with Crippen LogP contribution in [0.5, 0.6) is 0 Å². The first-order chi connectivity index (χ1) is 13.4. The van der Waals surface area contributed by atoms with E-state index in [9.17, 15) is 29.1 Å². The van der Waals surface area contributed by atoms with Crippen molar-refractivity contribution >= 4 is 42.2 Å². The van der Waals surface area contributed by atoms with Crippen molar-refractivity contribution in [3.63, 3.8) is 0 Å². The Morgan fingerprint density at radius 3 is 1.83 bits per heavy atom. The Hall–Kier alpha value is -2.38. The average molecular weight is 436 g/mol. The molecule has 0 aromatic heterocycles. The zero-order valence-electron chi connectivity index (χ0n) is 16.3. The van der Waals surface area contributed by atoms with Crippen LogP contribution in [-0.4, -0.2) is 76.3 Å². The van der Waals surface area contributed by atoms with E-state index >= 15 is 0 Å². The molecule has 0 spiro atoms. The summed E-state index contributed by atoms with van der Waals surface area (Å²) in [4.78, 5) is 58.5. The number of aliphatic carboxylic acids is 1. The Kier molecular flexibility index (Phi) is 11.9. The highest BCUT2D eigenvalue weighted by atomic mass is 32.1. The van der Waals surface area contributed by atoms with Gasteiger partial charge in [-0.25, -0.2) is 4.79 Å². The van der Waals surface area contributed by atoms with E-state index in [0.717, 1.165) is 0 Å². The van der Waals surface area contributed by atoms with E-state index in [2.05, 4.69) is 28.6 Å². The molecule has 12 nitrogen and oxygen atoms in total. The van der Waals surface area contributed by atoms with E-state index in [-0.39, 0.29) is 24.5 Å². The first-order valence-corrected chi connectivity index (χ1v) is 9.47. The summed E-state index contributed by atoms with van der Waals surface area (Å²) >= 11 is 3.98. The van der Waals surface area contributed by atoms with Crippen molar-refractivity contribution in [2.75, 3.05) is 12.4 Å². The molecule has 0 bridgehead atoms. The molecule has 4 unspecified atom stereocenters. The van der Waals surface area contributed by atoms with Gasteiger partial charge in [-0.1, -0.05) is 13.8 Å². The fourth-order valence-corrected chi connectivity index (χ4v) is 2.30. The van der Waals surface area contributed by atoms with Crippen LogP contribution in [0.1, 0.15) is 26.7 Å². The van der Waals surface area contributed by atoms with Gasteiger partial charge < -0.3 is 37.6 Å². The zero-order valence-corrected chi connectivity index (χ0v) is 17.1. The van der Waals surface area contributed by atoms with Crippen LogP contribution >= 0.6 is 12.6 Å². The fraction of sp³-hybridized carbons (Fsp3) is 0.688. The van der Waals surface area contributed by atoms with Crippen LogP contribution in [0.25, 0.3) is 0 Å². The third kappa shape index (κ3) is 9.58. The predicted molar refractivity (Wildman–Crippen MR) is 106 cm³/mol. The third-order valence-corrected chi connectivity index (χ3v) is 4.31. The van der Waals surface area contributed by atoms with E-state index in [4.69, 9.17) is 16.6 Å². The van der Waals surface area contributed by atoms with Gasteiger partial charge in [0.2, 0.25) is 23.6 Å². The first-order valence-electron chi connectivity index (χ1n) is 8.84. The average Bonchev–Trinajstić information content (AvgIpc) is 2.65. The smallest absolute Gasteiger partial charge is 0.326 e. The maximum absolute atomic E-state index is 12.3. The van der Waals surface area contributed by atoms with E-state index in [1.165, 1.54) is 0 Å². The van der Waals surface area contributed by atoms with Crippen LogP contribution in [0.3, 0.4) is 0 Å². The first kappa shape index (κ1) is 26.6. The lowest BCUT2D eigenvalue weighted by Crippen LogP contribution is -2.59. The minimum atomic E-state index is -1.49. The summed E-state index contributed by atoms with van der Waals surface area (Å²) in [7, 11) is 0. The van der Waals surface area contributed by atoms with Crippen LogP contribution < -0.4 is 27.4 Å². The summed E-state index contributed by atoms with van der Waals surface area (Å²) in [5, 5.41) is 25.2. The Balaban J connectivity index is 5.01. The monoisotopic (exact) mass is 435 g/mol. The molecular weight excluding hydrogens is 406 g/mol. The molecule has 13 heteroatoms. The molecule has 9 N–H and O–H groups in total. The number of carboxylic acid groups (broad SMARTS) is 1. The Bertz CT molecular complexity index is 616. The maximum Gasteiger partial charge on any atom is 0.326 e. The van der Waals surface area contributed by atoms with Gasteiger partial charge >= 0.3 is 5.97 Å². The molecule has 29 heavy (non-hydrogen) atoms. The van der Waals surface area contributed by atoms with Crippen molar-refractivity contribution in [3.8, 4) is 0 Å². The van der Waals surface area contributed by atoms with Crippen molar-refractivity contribution in [1.82, 2.24) is 16.0 Å². The summed E-state index contributed by atoms with van der Waals surface area (Å²) < 4.78 is 0. The van der Waals surface area contributed by atoms with Gasteiger partial charge in [0.25, 0.3) is 0 Å². The fourth-order valence-electron chi connectivity index (χ4n) is 2.05. The molecule has 0 aromatic carbocycles. The molecule has 166 valence electrons. The second kappa shape index (κ2) is 13.0. The van der Waals surface area contributed by atoms with E-state index in [0.29, 0.717) is 0 Å². The molecule has 0 aromatic rings. The summed E-state index contributed by atoms with van der Waals surface area (Å²) in [5.41, 5.74) is 10.7. The molecule has 0 rings (SSSR count). The van der Waals surface area contributed by atoms with Gasteiger partial charge in [-0.05, 0) is 12.3 Å². The van der Waals surface area contributed by atoms with Crippen molar-refractivity contribution < 1.29 is 34.2 Å². The number of nitrogens with one attached hydrogen (secondary N) is 3. The second-order valence-corrected chi connectivity index (χ2v) is 7.03. The van der Waals surface area contributed by atoms with Crippen LogP contribution in [0.2, 0.25) is 0 Å². The highest BCUT2D eigenvalue weighted by molar-refractivity contribution is 7.80. The standard InChI is InChI=1S/C16H29N5O7S/c1-7(2)12(18)15(26)21-10(6-29)14(25)20-9(5-22)13(24)19-8(16(27)28)3-4-11(17)23/h7-10,12,22,29H,3-6,18H2,1-2H3,(H2,17,23)(H,19,24)(H,20,25)(H,21,26)(H,27,28). The SMILES string of the molecule is CC(C)C(N)C(=O)NC(CS)C(=O)NC(CO)C(=O)NC(CCC(N)=O)C(=O)O. The molecule has 0 aliphatic carbocycles. The number of amides is 4. The topological polar surface area (TPSA) is 214 Å². The molecule has 0 radical (unpaired) electrons. The number of primary amides is 1. The molecule has 0 saturated heterocycles. The molecule has 0 heterocycles. The van der Waals surface area contributed by atoms with Crippen molar-refractivity contribution in [2.24, 2.45) is 17.4 Å². The second-order valence-electron chi connectivity index (χ2n) is 6.66. The quantitative estimate of drug-likeness (QED) is 0.137. The lowest BCUT2D eigenvalue weighted by molar-refractivity contribution is -0.143. The Labute approximate surface area is 173 Å². The van der Waals surface area contributed by atoms with E-state index in [1.54, 1.807) is 13.8 Å². The summed E-state index contributed by atoms with van der Waals surface area (Å²) in [5.74, 6) is -4.84. The maximum atomic E-state index is 12.3. The van der Waals surface area contributed by atoms with Gasteiger partial charge in [0, 0.05) is 12.2 Å². The van der Waals surface area contributed by atoms with Gasteiger partial charge in [-0.3, -0.25) is 19.2 Å².